The molecule has 0 aliphatic carbocycles. The van der Waals surface area contributed by atoms with E-state index in [1.165, 1.54) is 24.1 Å². The van der Waals surface area contributed by atoms with E-state index in [-0.39, 0.29) is 6.61 Å². The molecule has 1 saturated heterocycles. The van der Waals surface area contributed by atoms with Crippen LogP contribution in [-0.4, -0.2) is 34.2 Å². The number of nitrogen functional groups attached to an aromatic ring is 1. The third-order valence-corrected chi connectivity index (χ3v) is 4.16. The van der Waals surface area contributed by atoms with E-state index < -0.39 is 0 Å². The van der Waals surface area contributed by atoms with Crippen molar-refractivity contribution in [2.45, 2.75) is 38.3 Å². The summed E-state index contributed by atoms with van der Waals surface area (Å²) in [5, 5.41) is 9.84. The Morgan fingerprint density at radius 3 is 3.18 bits per heavy atom. The standard InChI is InChI=1S/C11H20N4OS/c12-14-11-13-7-10(17-11)8-15-5-2-1-3-9(15)4-6-16/h7,9,16H,1-6,8,12H2,(H,13,14). The maximum Gasteiger partial charge on any atom is 0.197 e. The number of aromatic nitrogens is 1. The van der Waals surface area contributed by atoms with Gasteiger partial charge in [0, 0.05) is 30.3 Å². The molecule has 4 N–H and O–H groups in total. The van der Waals surface area contributed by atoms with Crippen LogP contribution < -0.4 is 11.3 Å². The first kappa shape index (κ1) is 12.8. The SMILES string of the molecule is NNc1ncc(CN2CCCCC2CCO)s1. The van der Waals surface area contributed by atoms with Crippen molar-refractivity contribution < 1.29 is 5.11 Å². The maximum atomic E-state index is 9.08. The highest BCUT2D eigenvalue weighted by Gasteiger charge is 2.22. The van der Waals surface area contributed by atoms with Gasteiger partial charge in [-0.05, 0) is 25.8 Å². The maximum absolute atomic E-state index is 9.08. The predicted molar refractivity (Wildman–Crippen MR) is 69.7 cm³/mol. The van der Waals surface area contributed by atoms with Gasteiger partial charge >= 0.3 is 0 Å². The molecule has 0 radical (unpaired) electrons. The van der Waals surface area contributed by atoms with Crippen LogP contribution in [0.3, 0.4) is 0 Å². The molecule has 1 aromatic heterocycles. The van der Waals surface area contributed by atoms with Gasteiger partial charge in [0.05, 0.1) is 0 Å². The quantitative estimate of drug-likeness (QED) is 0.544. The molecule has 6 heteroatoms. The lowest BCUT2D eigenvalue weighted by atomic mass is 10.00. The van der Waals surface area contributed by atoms with E-state index in [9.17, 15) is 0 Å². The molecular weight excluding hydrogens is 236 g/mol. The van der Waals surface area contributed by atoms with Crippen LogP contribution in [0, 0.1) is 0 Å². The normalized spacial score (nSPS) is 21.6. The van der Waals surface area contributed by atoms with Gasteiger partial charge in [0.15, 0.2) is 5.13 Å². The summed E-state index contributed by atoms with van der Waals surface area (Å²) in [6.45, 7) is 2.32. The summed E-state index contributed by atoms with van der Waals surface area (Å²) < 4.78 is 0. The fraction of sp³-hybridized carbons (Fsp3) is 0.727. The summed E-state index contributed by atoms with van der Waals surface area (Å²) in [5.41, 5.74) is 2.57. The molecule has 5 nitrogen and oxygen atoms in total. The van der Waals surface area contributed by atoms with Crippen LogP contribution in [0.1, 0.15) is 30.6 Å². The largest absolute Gasteiger partial charge is 0.396 e. The Balaban J connectivity index is 1.95. The monoisotopic (exact) mass is 256 g/mol. The van der Waals surface area contributed by atoms with Gasteiger partial charge in [-0.15, -0.1) is 0 Å². The van der Waals surface area contributed by atoms with Crippen molar-refractivity contribution in [2.75, 3.05) is 18.6 Å². The molecule has 0 amide bonds. The first-order chi connectivity index (χ1) is 8.33. The highest BCUT2D eigenvalue weighted by molar-refractivity contribution is 7.15. The van der Waals surface area contributed by atoms with Gasteiger partial charge in [0.2, 0.25) is 0 Å². The zero-order valence-electron chi connectivity index (χ0n) is 9.93. The van der Waals surface area contributed by atoms with E-state index in [4.69, 9.17) is 10.9 Å². The topological polar surface area (TPSA) is 74.4 Å². The Bertz CT molecular complexity index is 342. The minimum atomic E-state index is 0.277. The molecule has 0 saturated carbocycles. The van der Waals surface area contributed by atoms with Gasteiger partial charge in [-0.1, -0.05) is 17.8 Å². The van der Waals surface area contributed by atoms with Gasteiger partial charge in [-0.25, -0.2) is 10.8 Å². The Hall–Kier alpha value is -0.690. The number of rotatable bonds is 5. The summed E-state index contributed by atoms with van der Waals surface area (Å²) in [4.78, 5) is 7.85. The lowest BCUT2D eigenvalue weighted by molar-refractivity contribution is 0.113. The Kier molecular flexibility index (Phi) is 4.73. The summed E-state index contributed by atoms with van der Waals surface area (Å²) in [6, 6.07) is 0.519. The van der Waals surface area contributed by atoms with E-state index >= 15 is 0 Å². The second-order valence-electron chi connectivity index (χ2n) is 4.41. The number of anilines is 1. The molecule has 0 spiro atoms. The Morgan fingerprint density at radius 1 is 1.59 bits per heavy atom. The fourth-order valence-electron chi connectivity index (χ4n) is 2.39. The van der Waals surface area contributed by atoms with Crippen LogP contribution >= 0.6 is 11.3 Å². The van der Waals surface area contributed by atoms with Crippen LogP contribution in [0.4, 0.5) is 5.13 Å². The summed E-state index contributed by atoms with van der Waals surface area (Å²) in [6.07, 6.45) is 6.48. The van der Waals surface area contributed by atoms with Crippen LogP contribution in [0.2, 0.25) is 0 Å². The highest BCUT2D eigenvalue weighted by atomic mass is 32.1. The molecule has 1 aromatic rings. The molecule has 1 aliphatic rings. The molecule has 0 aromatic carbocycles. The molecule has 0 bridgehead atoms. The Morgan fingerprint density at radius 2 is 2.47 bits per heavy atom. The number of nitrogens with two attached hydrogens (primary N) is 1. The van der Waals surface area contributed by atoms with E-state index in [0.717, 1.165) is 24.6 Å². The number of hydrazine groups is 1. The average Bonchev–Trinajstić information content (AvgIpc) is 2.80. The number of piperidine rings is 1. The predicted octanol–water partition coefficient (Wildman–Crippen LogP) is 1.17. The third-order valence-electron chi connectivity index (χ3n) is 3.25. The van der Waals surface area contributed by atoms with Crippen molar-refractivity contribution in [1.29, 1.82) is 0 Å². The van der Waals surface area contributed by atoms with Crippen LogP contribution in [0.25, 0.3) is 0 Å². The number of likely N-dealkylation sites (tertiary alicyclic amines) is 1. The number of hydrogen-bond acceptors (Lipinski definition) is 6. The lowest BCUT2D eigenvalue weighted by Gasteiger charge is -2.35. The second kappa shape index (κ2) is 6.30. The second-order valence-corrected chi connectivity index (χ2v) is 5.52. The molecule has 2 heterocycles. The van der Waals surface area contributed by atoms with Gasteiger partial charge < -0.3 is 5.11 Å². The molecule has 1 fully saturated rings. The number of hydrogen-bond donors (Lipinski definition) is 3. The van der Waals surface area contributed by atoms with Crippen LogP contribution in [0.5, 0.6) is 0 Å². The average molecular weight is 256 g/mol. The summed E-state index contributed by atoms with van der Waals surface area (Å²) in [7, 11) is 0. The van der Waals surface area contributed by atoms with E-state index in [0.29, 0.717) is 6.04 Å². The fourth-order valence-corrected chi connectivity index (χ4v) is 3.14. The molecule has 17 heavy (non-hydrogen) atoms. The third kappa shape index (κ3) is 3.38. The van der Waals surface area contributed by atoms with E-state index in [2.05, 4.69) is 15.3 Å². The number of aliphatic hydroxyl groups is 1. The molecule has 1 aliphatic heterocycles. The molecule has 1 atom stereocenters. The van der Waals surface area contributed by atoms with Gasteiger partial charge in [0.25, 0.3) is 0 Å². The van der Waals surface area contributed by atoms with E-state index in [1.54, 1.807) is 11.3 Å². The molecular formula is C11H20N4OS. The zero-order chi connectivity index (χ0) is 12.1. The zero-order valence-corrected chi connectivity index (χ0v) is 10.7. The van der Waals surface area contributed by atoms with Crippen molar-refractivity contribution in [2.24, 2.45) is 5.84 Å². The lowest BCUT2D eigenvalue weighted by Crippen LogP contribution is -2.39. The number of thiazole rings is 1. The van der Waals surface area contributed by atoms with Crippen LogP contribution in [0.15, 0.2) is 6.20 Å². The van der Waals surface area contributed by atoms with Crippen molar-refractivity contribution in [1.82, 2.24) is 9.88 Å². The highest BCUT2D eigenvalue weighted by Crippen LogP contribution is 2.25. The first-order valence-corrected chi connectivity index (χ1v) is 6.91. The molecule has 2 rings (SSSR count). The Labute approximate surface area is 106 Å². The van der Waals surface area contributed by atoms with Crippen molar-refractivity contribution >= 4 is 16.5 Å². The van der Waals surface area contributed by atoms with Gasteiger partial charge in [-0.3, -0.25) is 10.3 Å². The number of nitrogens with one attached hydrogen (secondary N) is 1. The van der Waals surface area contributed by atoms with Crippen molar-refractivity contribution in [3.63, 3.8) is 0 Å². The van der Waals surface area contributed by atoms with Gasteiger partial charge in [0.1, 0.15) is 0 Å². The van der Waals surface area contributed by atoms with Gasteiger partial charge in [-0.2, -0.15) is 0 Å². The number of aliphatic hydroxyl groups excluding tert-OH is 1. The van der Waals surface area contributed by atoms with E-state index in [1.807, 2.05) is 6.20 Å². The first-order valence-electron chi connectivity index (χ1n) is 6.09. The van der Waals surface area contributed by atoms with Crippen LogP contribution in [-0.2, 0) is 6.54 Å². The minimum absolute atomic E-state index is 0.277. The molecule has 1 unspecified atom stereocenters. The smallest absolute Gasteiger partial charge is 0.197 e. The van der Waals surface area contributed by atoms with Crippen molar-refractivity contribution in [3.8, 4) is 0 Å². The summed E-state index contributed by atoms with van der Waals surface area (Å²) in [5.74, 6) is 5.32. The summed E-state index contributed by atoms with van der Waals surface area (Å²) >= 11 is 1.60. The van der Waals surface area contributed by atoms with Crippen molar-refractivity contribution in [3.05, 3.63) is 11.1 Å². The minimum Gasteiger partial charge on any atom is -0.396 e. The number of nitrogens with zero attached hydrogens (tertiary/aromatic N) is 2. The molecule has 96 valence electrons.